The molecule has 0 spiro atoms. The first-order valence-electron chi connectivity index (χ1n) is 12.9. The van der Waals surface area contributed by atoms with Crippen LogP contribution in [0.1, 0.15) is 52.4 Å². The zero-order chi connectivity index (χ0) is 25.8. The molecule has 0 saturated carbocycles. The van der Waals surface area contributed by atoms with Gasteiger partial charge in [-0.1, -0.05) is 29.8 Å². The first-order valence-corrected chi connectivity index (χ1v) is 13.3. The zero-order valence-corrected chi connectivity index (χ0v) is 21.8. The fourth-order valence-corrected chi connectivity index (χ4v) is 5.50. The van der Waals surface area contributed by atoms with Crippen molar-refractivity contribution in [3.05, 3.63) is 87.9 Å². The van der Waals surface area contributed by atoms with Gasteiger partial charge in [0.25, 0.3) is 0 Å². The molecule has 2 N–H and O–H groups in total. The highest BCUT2D eigenvalue weighted by atomic mass is 35.5. The van der Waals surface area contributed by atoms with Crippen LogP contribution in [-0.2, 0) is 17.6 Å². The largest absolute Gasteiger partial charge is 0.465 e. The number of nitrogens with one attached hydrogen (secondary N) is 1. The molecule has 0 unspecified atom stereocenters. The number of aliphatic hydroxyl groups is 1. The van der Waals surface area contributed by atoms with Gasteiger partial charge < -0.3 is 24.8 Å². The molecular formula is C30H33ClN2O4. The Morgan fingerprint density at radius 1 is 1.08 bits per heavy atom. The van der Waals surface area contributed by atoms with Crippen LogP contribution in [0, 0.1) is 0 Å². The molecule has 2 aliphatic rings. The lowest BCUT2D eigenvalue weighted by Gasteiger charge is -2.27. The molecule has 0 aromatic heterocycles. The van der Waals surface area contributed by atoms with Gasteiger partial charge in [-0.05, 0) is 91.3 Å². The summed E-state index contributed by atoms with van der Waals surface area (Å²) in [4.78, 5) is 14.7. The number of methoxy groups -OCH3 is 1. The van der Waals surface area contributed by atoms with Crippen molar-refractivity contribution in [1.29, 1.82) is 0 Å². The lowest BCUT2D eigenvalue weighted by molar-refractivity contribution is 0.0601. The number of rotatable bonds is 8. The van der Waals surface area contributed by atoms with Gasteiger partial charge in [0, 0.05) is 30.7 Å². The lowest BCUT2D eigenvalue weighted by atomic mass is 9.88. The zero-order valence-electron chi connectivity index (χ0n) is 21.1. The number of esters is 1. The molecule has 0 bridgehead atoms. The van der Waals surface area contributed by atoms with Crippen molar-refractivity contribution in [2.24, 2.45) is 0 Å². The van der Waals surface area contributed by atoms with E-state index in [2.05, 4.69) is 22.3 Å². The predicted octanol–water partition coefficient (Wildman–Crippen LogP) is 5.70. The highest BCUT2D eigenvalue weighted by Gasteiger charge is 2.22. The van der Waals surface area contributed by atoms with Crippen LogP contribution in [-0.4, -0.2) is 43.9 Å². The van der Waals surface area contributed by atoms with Crippen LogP contribution in [0.5, 0.6) is 11.5 Å². The molecule has 1 heterocycles. The maximum absolute atomic E-state index is 12.5. The molecule has 6 nitrogen and oxygen atoms in total. The summed E-state index contributed by atoms with van der Waals surface area (Å²) in [6.45, 7) is 2.36. The summed E-state index contributed by atoms with van der Waals surface area (Å²) in [7, 11) is 1.41. The topological polar surface area (TPSA) is 71.0 Å². The smallest absolute Gasteiger partial charge is 0.340 e. The van der Waals surface area contributed by atoms with Crippen molar-refractivity contribution in [1.82, 2.24) is 5.32 Å². The van der Waals surface area contributed by atoms with Gasteiger partial charge in [-0.3, -0.25) is 0 Å². The van der Waals surface area contributed by atoms with E-state index in [1.54, 1.807) is 18.2 Å². The van der Waals surface area contributed by atoms with Crippen molar-refractivity contribution >= 4 is 23.3 Å². The standard InChI is InChI=1S/C30H33ClN2O4/c1-36-30(35)27-18-26(11-12-28(27)33-13-2-3-14-33)37-25-10-8-20-7-9-24(16-22(20)17-25)32-19-29(34)21-5-4-6-23(31)15-21/h4-6,8,10-12,15,17-18,24,29,32,34H,2-3,7,9,13-14,16,19H2,1H3/t24-,29+/m0/s1. The Labute approximate surface area is 223 Å². The highest BCUT2D eigenvalue weighted by Crippen LogP contribution is 2.33. The van der Waals surface area contributed by atoms with E-state index in [0.717, 1.165) is 62.2 Å². The van der Waals surface area contributed by atoms with Gasteiger partial charge in [0.05, 0.1) is 24.5 Å². The van der Waals surface area contributed by atoms with Crippen molar-refractivity contribution < 1.29 is 19.4 Å². The van der Waals surface area contributed by atoms with Gasteiger partial charge in [-0.15, -0.1) is 0 Å². The molecule has 5 rings (SSSR count). The minimum absolute atomic E-state index is 0.266. The Balaban J connectivity index is 1.26. The SMILES string of the molecule is COC(=O)c1cc(Oc2ccc3c(c2)C[C@@H](NC[C@@H](O)c2cccc(Cl)c2)CC3)ccc1N1CCCC1. The number of hydrogen-bond donors (Lipinski definition) is 2. The summed E-state index contributed by atoms with van der Waals surface area (Å²) in [5.74, 6) is 0.994. The Morgan fingerprint density at radius 2 is 1.86 bits per heavy atom. The van der Waals surface area contributed by atoms with E-state index in [-0.39, 0.29) is 12.0 Å². The number of anilines is 1. The Morgan fingerprint density at radius 3 is 2.65 bits per heavy atom. The summed E-state index contributed by atoms with van der Waals surface area (Å²) >= 11 is 6.07. The van der Waals surface area contributed by atoms with Gasteiger partial charge >= 0.3 is 5.97 Å². The van der Waals surface area contributed by atoms with E-state index in [4.69, 9.17) is 21.1 Å². The third-order valence-electron chi connectivity index (χ3n) is 7.30. The molecule has 1 saturated heterocycles. The number of ether oxygens (including phenoxy) is 2. The average molecular weight is 521 g/mol. The predicted molar refractivity (Wildman–Crippen MR) is 146 cm³/mol. The first kappa shape index (κ1) is 25.6. The van der Waals surface area contributed by atoms with Crippen LogP contribution >= 0.6 is 11.6 Å². The Hall–Kier alpha value is -3.06. The maximum atomic E-state index is 12.5. The molecule has 194 valence electrons. The van der Waals surface area contributed by atoms with Crippen molar-refractivity contribution in [3.8, 4) is 11.5 Å². The van der Waals surface area contributed by atoms with Crippen molar-refractivity contribution in [2.45, 2.75) is 44.2 Å². The number of benzene rings is 3. The van der Waals surface area contributed by atoms with E-state index < -0.39 is 6.10 Å². The monoisotopic (exact) mass is 520 g/mol. The van der Waals surface area contributed by atoms with Gasteiger partial charge in [0.1, 0.15) is 11.5 Å². The molecule has 3 aromatic rings. The molecule has 1 aliphatic carbocycles. The van der Waals surface area contributed by atoms with Gasteiger partial charge in [0.2, 0.25) is 0 Å². The molecule has 3 aromatic carbocycles. The van der Waals surface area contributed by atoms with Crippen LogP contribution in [0.4, 0.5) is 5.69 Å². The fourth-order valence-electron chi connectivity index (χ4n) is 5.30. The highest BCUT2D eigenvalue weighted by molar-refractivity contribution is 6.30. The minimum Gasteiger partial charge on any atom is -0.465 e. The van der Waals surface area contributed by atoms with Gasteiger partial charge in [-0.25, -0.2) is 4.79 Å². The number of carbonyl (C=O) groups excluding carboxylic acids is 1. The molecule has 1 aliphatic heterocycles. The fraction of sp³-hybridized carbons (Fsp3) is 0.367. The second-order valence-electron chi connectivity index (χ2n) is 9.82. The summed E-state index contributed by atoms with van der Waals surface area (Å²) in [6, 6.07) is 19.5. The second-order valence-corrected chi connectivity index (χ2v) is 10.3. The number of carbonyl (C=O) groups is 1. The molecule has 37 heavy (non-hydrogen) atoms. The average Bonchev–Trinajstić information content (AvgIpc) is 3.46. The number of hydrogen-bond acceptors (Lipinski definition) is 6. The van der Waals surface area contributed by atoms with E-state index in [0.29, 0.717) is 22.9 Å². The molecule has 1 fully saturated rings. The van der Waals surface area contributed by atoms with Crippen LogP contribution in [0.15, 0.2) is 60.7 Å². The Bertz CT molecular complexity index is 1260. The third-order valence-corrected chi connectivity index (χ3v) is 7.53. The van der Waals surface area contributed by atoms with Gasteiger partial charge in [0.15, 0.2) is 0 Å². The summed E-state index contributed by atoms with van der Waals surface area (Å²) < 4.78 is 11.2. The van der Waals surface area contributed by atoms with Gasteiger partial charge in [-0.2, -0.15) is 0 Å². The number of aliphatic hydroxyl groups excluding tert-OH is 1. The van der Waals surface area contributed by atoms with E-state index >= 15 is 0 Å². The molecule has 0 radical (unpaired) electrons. The molecule has 2 atom stereocenters. The van der Waals surface area contributed by atoms with Crippen LogP contribution < -0.4 is 15.0 Å². The van der Waals surface area contributed by atoms with Crippen LogP contribution in [0.3, 0.4) is 0 Å². The van der Waals surface area contributed by atoms with Crippen molar-refractivity contribution in [2.75, 3.05) is 31.6 Å². The minimum atomic E-state index is -0.609. The number of fused-ring (bicyclic) bond motifs is 1. The summed E-state index contributed by atoms with van der Waals surface area (Å²) in [5.41, 5.74) is 4.80. The molecular weight excluding hydrogens is 488 g/mol. The second kappa shape index (κ2) is 11.5. The molecule has 0 amide bonds. The number of halogens is 1. The Kier molecular flexibility index (Phi) is 7.99. The van der Waals surface area contributed by atoms with E-state index in [1.165, 1.54) is 18.2 Å². The number of nitrogens with zero attached hydrogens (tertiary/aromatic N) is 1. The van der Waals surface area contributed by atoms with Crippen LogP contribution in [0.25, 0.3) is 0 Å². The first-order chi connectivity index (χ1) is 18.0. The third kappa shape index (κ3) is 6.09. The van der Waals surface area contributed by atoms with Crippen molar-refractivity contribution in [3.63, 3.8) is 0 Å². The normalized spacial score (nSPS) is 17.8. The molecule has 7 heteroatoms. The van der Waals surface area contributed by atoms with E-state index in [1.807, 2.05) is 30.3 Å². The summed E-state index contributed by atoms with van der Waals surface area (Å²) in [6.07, 6.45) is 4.48. The summed E-state index contributed by atoms with van der Waals surface area (Å²) in [5, 5.41) is 14.7. The number of aryl methyl sites for hydroxylation is 1. The van der Waals surface area contributed by atoms with E-state index in [9.17, 15) is 9.90 Å². The maximum Gasteiger partial charge on any atom is 0.340 e. The quantitative estimate of drug-likeness (QED) is 0.371. The lowest BCUT2D eigenvalue weighted by Crippen LogP contribution is -2.37. The van der Waals surface area contributed by atoms with Crippen LogP contribution in [0.2, 0.25) is 5.02 Å².